The number of nitrogens with zero attached hydrogens (tertiary/aromatic N) is 1. The van der Waals surface area contributed by atoms with Crippen molar-refractivity contribution < 1.29 is 32.0 Å². The summed E-state index contributed by atoms with van der Waals surface area (Å²) in [5.41, 5.74) is 0.536. The number of nitrogens with one attached hydrogen (secondary N) is 1. The first kappa shape index (κ1) is 20.8. The van der Waals surface area contributed by atoms with E-state index in [1.54, 1.807) is 30.5 Å². The third-order valence-corrected chi connectivity index (χ3v) is 7.19. The van der Waals surface area contributed by atoms with Crippen LogP contribution in [0.25, 0.3) is 11.3 Å². The predicted octanol–water partition coefficient (Wildman–Crippen LogP) is 2.97. The Bertz CT molecular complexity index is 1280. The van der Waals surface area contributed by atoms with Crippen LogP contribution in [0, 0.1) is 0 Å². The van der Waals surface area contributed by atoms with E-state index in [0.717, 1.165) is 11.3 Å². The zero-order valence-electron chi connectivity index (χ0n) is 16.2. The number of ether oxygens (including phenoxy) is 1. The van der Waals surface area contributed by atoms with Gasteiger partial charge in [0.2, 0.25) is 5.91 Å². The second-order valence-corrected chi connectivity index (χ2v) is 9.12. The van der Waals surface area contributed by atoms with Crippen molar-refractivity contribution in [3.05, 3.63) is 59.2 Å². The SMILES string of the molecule is CCOC(=O)c1c(-c2ccco2)csc1NC(=O)CN1C(=O)c2ccccc2S1(=O)=O. The first-order valence-corrected chi connectivity index (χ1v) is 11.4. The van der Waals surface area contributed by atoms with Gasteiger partial charge < -0.3 is 14.5 Å². The zero-order chi connectivity index (χ0) is 22.2. The lowest BCUT2D eigenvalue weighted by Crippen LogP contribution is -2.37. The number of hydrogen-bond donors (Lipinski definition) is 1. The number of sulfonamides is 1. The van der Waals surface area contributed by atoms with Crippen LogP contribution in [0.2, 0.25) is 0 Å². The number of esters is 1. The standard InChI is InChI=1S/C20H16N2O7S2/c1-2-28-20(25)17-13(14-7-5-9-29-14)11-30-18(17)21-16(23)10-22-19(24)12-6-3-4-8-15(12)31(22,26)27/h3-9,11H,2,10H2,1H3,(H,21,23). The van der Waals surface area contributed by atoms with E-state index >= 15 is 0 Å². The number of furan rings is 1. The van der Waals surface area contributed by atoms with Gasteiger partial charge in [0.15, 0.2) is 0 Å². The van der Waals surface area contributed by atoms with Gasteiger partial charge in [-0.25, -0.2) is 17.5 Å². The maximum atomic E-state index is 12.6. The quantitative estimate of drug-likeness (QED) is 0.561. The van der Waals surface area contributed by atoms with Crippen molar-refractivity contribution in [3.63, 3.8) is 0 Å². The fourth-order valence-electron chi connectivity index (χ4n) is 3.15. The maximum Gasteiger partial charge on any atom is 0.341 e. The Balaban J connectivity index is 1.60. The second-order valence-electron chi connectivity index (χ2n) is 6.41. The highest BCUT2D eigenvalue weighted by Gasteiger charge is 2.42. The van der Waals surface area contributed by atoms with Crippen LogP contribution in [-0.2, 0) is 19.6 Å². The summed E-state index contributed by atoms with van der Waals surface area (Å²) in [7, 11) is -4.13. The molecule has 2 amide bonds. The molecule has 0 radical (unpaired) electrons. The number of hydrogen-bond acceptors (Lipinski definition) is 8. The Kier molecular flexibility index (Phi) is 5.38. The van der Waals surface area contributed by atoms with Crippen LogP contribution in [0.15, 0.2) is 57.4 Å². The highest BCUT2D eigenvalue weighted by atomic mass is 32.2. The summed E-state index contributed by atoms with van der Waals surface area (Å²) in [6, 6.07) is 9.06. The van der Waals surface area contributed by atoms with E-state index in [1.807, 2.05) is 0 Å². The van der Waals surface area contributed by atoms with Crippen molar-refractivity contribution >= 4 is 44.1 Å². The highest BCUT2D eigenvalue weighted by Crippen LogP contribution is 2.37. The molecule has 0 spiro atoms. The van der Waals surface area contributed by atoms with Crippen molar-refractivity contribution in [2.75, 3.05) is 18.5 Å². The van der Waals surface area contributed by atoms with Gasteiger partial charge in [0.05, 0.1) is 18.4 Å². The fraction of sp³-hybridized carbons (Fsp3) is 0.150. The molecule has 31 heavy (non-hydrogen) atoms. The van der Waals surface area contributed by atoms with Gasteiger partial charge in [-0.3, -0.25) is 9.59 Å². The van der Waals surface area contributed by atoms with Gasteiger partial charge in [-0.2, -0.15) is 0 Å². The minimum atomic E-state index is -4.13. The van der Waals surface area contributed by atoms with Crippen LogP contribution in [0.3, 0.4) is 0 Å². The van der Waals surface area contributed by atoms with Crippen molar-refractivity contribution in [3.8, 4) is 11.3 Å². The monoisotopic (exact) mass is 460 g/mol. The van der Waals surface area contributed by atoms with Crippen molar-refractivity contribution in [2.24, 2.45) is 0 Å². The van der Waals surface area contributed by atoms with E-state index in [-0.39, 0.29) is 27.6 Å². The maximum absolute atomic E-state index is 12.6. The first-order valence-electron chi connectivity index (χ1n) is 9.13. The lowest BCUT2D eigenvalue weighted by molar-refractivity contribution is -0.116. The third-order valence-electron chi connectivity index (χ3n) is 4.51. The Labute approximate surface area is 181 Å². The van der Waals surface area contributed by atoms with Crippen LogP contribution in [0.5, 0.6) is 0 Å². The number of rotatable bonds is 6. The van der Waals surface area contributed by atoms with E-state index in [9.17, 15) is 22.8 Å². The number of amides is 2. The molecule has 9 nitrogen and oxygen atoms in total. The van der Waals surface area contributed by atoms with Gasteiger partial charge in [-0.1, -0.05) is 12.1 Å². The number of anilines is 1. The Morgan fingerprint density at radius 1 is 1.16 bits per heavy atom. The largest absolute Gasteiger partial charge is 0.464 e. The van der Waals surface area contributed by atoms with E-state index in [0.29, 0.717) is 15.6 Å². The van der Waals surface area contributed by atoms with Gasteiger partial charge in [-0.15, -0.1) is 11.3 Å². The van der Waals surface area contributed by atoms with E-state index in [1.165, 1.54) is 24.5 Å². The van der Waals surface area contributed by atoms with Crippen LogP contribution in [0.4, 0.5) is 5.00 Å². The molecule has 1 N–H and O–H groups in total. The molecule has 1 aliphatic rings. The van der Waals surface area contributed by atoms with E-state index in [2.05, 4.69) is 5.32 Å². The first-order chi connectivity index (χ1) is 14.8. The molecule has 0 saturated heterocycles. The molecule has 160 valence electrons. The topological polar surface area (TPSA) is 123 Å². The average molecular weight is 460 g/mol. The molecule has 4 rings (SSSR count). The van der Waals surface area contributed by atoms with Crippen molar-refractivity contribution in [1.82, 2.24) is 4.31 Å². The molecule has 11 heteroatoms. The van der Waals surface area contributed by atoms with Crippen LogP contribution >= 0.6 is 11.3 Å². The molecule has 3 aromatic rings. The molecule has 1 aromatic carbocycles. The number of benzene rings is 1. The summed E-state index contributed by atoms with van der Waals surface area (Å²) in [6.45, 7) is 1.04. The summed E-state index contributed by atoms with van der Waals surface area (Å²) >= 11 is 1.06. The summed E-state index contributed by atoms with van der Waals surface area (Å²) in [5, 5.41) is 4.31. The molecule has 1 aliphatic heterocycles. The van der Waals surface area contributed by atoms with Gasteiger partial charge in [0.1, 0.15) is 27.8 Å². The number of carbonyl (C=O) groups is 3. The summed E-state index contributed by atoms with van der Waals surface area (Å²) in [6.07, 6.45) is 1.45. The Morgan fingerprint density at radius 3 is 2.61 bits per heavy atom. The van der Waals surface area contributed by atoms with Crippen molar-refractivity contribution in [2.45, 2.75) is 11.8 Å². The molecule has 0 atom stereocenters. The van der Waals surface area contributed by atoms with Crippen LogP contribution < -0.4 is 5.32 Å². The van der Waals surface area contributed by atoms with Crippen molar-refractivity contribution in [1.29, 1.82) is 0 Å². The van der Waals surface area contributed by atoms with Gasteiger partial charge in [-0.05, 0) is 31.2 Å². The molecule has 0 fully saturated rings. The minimum absolute atomic E-state index is 0.0127. The lowest BCUT2D eigenvalue weighted by atomic mass is 10.1. The Hall–Kier alpha value is -3.44. The second kappa shape index (κ2) is 8.00. The molecule has 0 unspecified atom stereocenters. The average Bonchev–Trinajstić information content (AvgIpc) is 3.44. The molecular weight excluding hydrogens is 444 g/mol. The minimum Gasteiger partial charge on any atom is -0.464 e. The highest BCUT2D eigenvalue weighted by molar-refractivity contribution is 7.90. The molecule has 2 aromatic heterocycles. The van der Waals surface area contributed by atoms with E-state index < -0.39 is 34.4 Å². The summed E-state index contributed by atoms with van der Waals surface area (Å²) < 4.78 is 36.2. The summed E-state index contributed by atoms with van der Waals surface area (Å²) in [4.78, 5) is 37.5. The van der Waals surface area contributed by atoms with Crippen LogP contribution in [0.1, 0.15) is 27.6 Å². The van der Waals surface area contributed by atoms with Gasteiger partial charge in [0.25, 0.3) is 15.9 Å². The summed E-state index contributed by atoms with van der Waals surface area (Å²) in [5.74, 6) is -1.81. The van der Waals surface area contributed by atoms with Gasteiger partial charge >= 0.3 is 5.97 Å². The number of carbonyl (C=O) groups excluding carboxylic acids is 3. The molecule has 0 bridgehead atoms. The molecular formula is C20H16N2O7S2. The third kappa shape index (κ3) is 3.62. The Morgan fingerprint density at radius 2 is 1.94 bits per heavy atom. The van der Waals surface area contributed by atoms with Crippen LogP contribution in [-0.4, -0.2) is 43.7 Å². The molecule has 0 aliphatic carbocycles. The molecule has 3 heterocycles. The van der Waals surface area contributed by atoms with Gasteiger partial charge in [0, 0.05) is 10.9 Å². The van der Waals surface area contributed by atoms with E-state index in [4.69, 9.17) is 9.15 Å². The fourth-order valence-corrected chi connectivity index (χ4v) is 5.63. The smallest absolute Gasteiger partial charge is 0.341 e. The normalized spacial score (nSPS) is 14.4. The number of fused-ring (bicyclic) bond motifs is 1. The number of thiophene rings is 1. The zero-order valence-corrected chi connectivity index (χ0v) is 17.8. The molecule has 0 saturated carbocycles. The lowest BCUT2D eigenvalue weighted by Gasteiger charge is -2.15. The predicted molar refractivity (Wildman–Crippen MR) is 111 cm³/mol.